The van der Waals surface area contributed by atoms with Crippen LogP contribution in [0.1, 0.15) is 25.8 Å². The third-order valence-corrected chi connectivity index (χ3v) is 2.45. The summed E-state index contributed by atoms with van der Waals surface area (Å²) in [5, 5.41) is 3.26. The molecule has 0 amide bonds. The van der Waals surface area contributed by atoms with Crippen molar-refractivity contribution in [1.29, 1.82) is 0 Å². The van der Waals surface area contributed by atoms with E-state index in [1.54, 1.807) is 0 Å². The van der Waals surface area contributed by atoms with Crippen LogP contribution in [0.2, 0.25) is 0 Å². The van der Waals surface area contributed by atoms with E-state index in [4.69, 9.17) is 4.74 Å². The molecule has 0 aliphatic heterocycles. The van der Waals surface area contributed by atoms with Crippen molar-refractivity contribution in [3.05, 3.63) is 42.5 Å². The van der Waals surface area contributed by atoms with Gasteiger partial charge >= 0.3 is 0 Å². The first kappa shape index (κ1) is 12.8. The largest absolute Gasteiger partial charge is 0.491 e. The van der Waals surface area contributed by atoms with Crippen molar-refractivity contribution in [3.8, 4) is 5.75 Å². The molecule has 0 aromatic heterocycles. The smallest absolute Gasteiger partial charge is 0.119 e. The first-order valence-electron chi connectivity index (χ1n) is 5.83. The first-order valence-corrected chi connectivity index (χ1v) is 5.83. The number of hydrogen-bond donors (Lipinski definition) is 1. The summed E-state index contributed by atoms with van der Waals surface area (Å²) in [6.45, 7) is 9.58. The third-order valence-electron chi connectivity index (χ3n) is 2.45. The Bertz CT molecular complexity index is 305. The van der Waals surface area contributed by atoms with Gasteiger partial charge in [-0.1, -0.05) is 25.1 Å². The van der Waals surface area contributed by atoms with Gasteiger partial charge in [-0.05, 0) is 31.0 Å². The Morgan fingerprint density at radius 2 is 2.06 bits per heavy atom. The molecule has 1 atom stereocenters. The Morgan fingerprint density at radius 3 is 2.62 bits per heavy atom. The monoisotopic (exact) mass is 219 g/mol. The maximum absolute atomic E-state index is 5.71. The number of hydrogen-bond acceptors (Lipinski definition) is 2. The fraction of sp³-hybridized carbons (Fsp3) is 0.429. The summed E-state index contributed by atoms with van der Waals surface area (Å²) in [4.78, 5) is 0. The molecule has 16 heavy (non-hydrogen) atoms. The minimum absolute atomic E-state index is 0.282. The first-order chi connectivity index (χ1) is 7.76. The van der Waals surface area contributed by atoms with Gasteiger partial charge in [0, 0.05) is 13.1 Å². The maximum Gasteiger partial charge on any atom is 0.119 e. The highest BCUT2D eigenvalue weighted by Gasteiger charge is 2.00. The van der Waals surface area contributed by atoms with Gasteiger partial charge in [0.25, 0.3) is 0 Å². The summed E-state index contributed by atoms with van der Waals surface area (Å²) in [6.07, 6.45) is 3.17. The molecule has 0 saturated heterocycles. The van der Waals surface area contributed by atoms with Crippen LogP contribution in [-0.4, -0.2) is 12.6 Å². The van der Waals surface area contributed by atoms with Crippen LogP contribution in [0.25, 0.3) is 0 Å². The van der Waals surface area contributed by atoms with Crippen LogP contribution in [0.4, 0.5) is 0 Å². The molecule has 1 aromatic rings. The van der Waals surface area contributed by atoms with Gasteiger partial charge in [0.1, 0.15) is 5.75 Å². The van der Waals surface area contributed by atoms with Crippen LogP contribution in [0, 0.1) is 0 Å². The van der Waals surface area contributed by atoms with Gasteiger partial charge in [-0.25, -0.2) is 0 Å². The zero-order chi connectivity index (χ0) is 11.8. The number of nitrogens with one attached hydrogen (secondary N) is 1. The zero-order valence-electron chi connectivity index (χ0n) is 10.2. The van der Waals surface area contributed by atoms with Gasteiger partial charge in [-0.3, -0.25) is 0 Å². The van der Waals surface area contributed by atoms with E-state index >= 15 is 0 Å². The minimum Gasteiger partial charge on any atom is -0.491 e. The summed E-state index contributed by atoms with van der Waals surface area (Å²) in [5.74, 6) is 0.946. The predicted molar refractivity (Wildman–Crippen MR) is 68.7 cm³/mol. The SMILES string of the molecule is C=CCNCc1ccc(OC(C)CC)cc1. The van der Waals surface area contributed by atoms with Crippen molar-refractivity contribution in [2.24, 2.45) is 0 Å². The van der Waals surface area contributed by atoms with E-state index in [0.29, 0.717) is 0 Å². The highest BCUT2D eigenvalue weighted by molar-refractivity contribution is 5.27. The summed E-state index contributed by atoms with van der Waals surface area (Å²) in [7, 11) is 0. The highest BCUT2D eigenvalue weighted by Crippen LogP contribution is 2.14. The van der Waals surface area contributed by atoms with Crippen molar-refractivity contribution in [3.63, 3.8) is 0 Å². The van der Waals surface area contributed by atoms with E-state index < -0.39 is 0 Å². The molecule has 1 aromatic carbocycles. The molecule has 2 heteroatoms. The Hall–Kier alpha value is -1.28. The molecule has 1 rings (SSSR count). The molecule has 0 aliphatic rings. The molecule has 88 valence electrons. The molecule has 0 bridgehead atoms. The summed E-state index contributed by atoms with van der Waals surface area (Å²) >= 11 is 0. The quantitative estimate of drug-likeness (QED) is 0.562. The van der Waals surface area contributed by atoms with Crippen LogP contribution in [0.5, 0.6) is 5.75 Å². The van der Waals surface area contributed by atoms with Crippen molar-refractivity contribution in [1.82, 2.24) is 5.32 Å². The number of ether oxygens (including phenoxy) is 1. The second-order valence-electron chi connectivity index (χ2n) is 3.90. The fourth-order valence-corrected chi connectivity index (χ4v) is 1.32. The molecule has 0 heterocycles. The molecule has 0 aliphatic carbocycles. The molecule has 1 unspecified atom stereocenters. The van der Waals surface area contributed by atoms with E-state index in [-0.39, 0.29) is 6.10 Å². The van der Waals surface area contributed by atoms with Crippen molar-refractivity contribution in [2.75, 3.05) is 6.54 Å². The molecule has 0 radical (unpaired) electrons. The Labute approximate surface area is 98.3 Å². The van der Waals surface area contributed by atoms with Gasteiger partial charge in [-0.15, -0.1) is 6.58 Å². The van der Waals surface area contributed by atoms with Crippen LogP contribution in [-0.2, 0) is 6.54 Å². The number of rotatable bonds is 7. The standard InChI is InChI=1S/C14H21NO/c1-4-10-15-11-13-6-8-14(9-7-13)16-12(3)5-2/h4,6-9,12,15H,1,5,10-11H2,2-3H3. The lowest BCUT2D eigenvalue weighted by Crippen LogP contribution is -2.12. The van der Waals surface area contributed by atoms with E-state index in [9.17, 15) is 0 Å². The second kappa shape index (κ2) is 7.07. The lowest BCUT2D eigenvalue weighted by molar-refractivity contribution is 0.217. The number of benzene rings is 1. The van der Waals surface area contributed by atoms with E-state index in [0.717, 1.165) is 25.3 Å². The molecule has 0 fully saturated rings. The normalized spacial score (nSPS) is 12.1. The highest BCUT2D eigenvalue weighted by atomic mass is 16.5. The average Bonchev–Trinajstić information content (AvgIpc) is 2.31. The summed E-state index contributed by atoms with van der Waals surface area (Å²) in [6, 6.07) is 8.23. The van der Waals surface area contributed by atoms with Crippen molar-refractivity contribution >= 4 is 0 Å². The van der Waals surface area contributed by atoms with Gasteiger partial charge in [0.05, 0.1) is 6.10 Å². The molecule has 0 spiro atoms. The zero-order valence-corrected chi connectivity index (χ0v) is 10.2. The van der Waals surface area contributed by atoms with Gasteiger partial charge in [-0.2, -0.15) is 0 Å². The lowest BCUT2D eigenvalue weighted by Gasteiger charge is -2.12. The Kier molecular flexibility index (Phi) is 5.65. The third kappa shape index (κ3) is 4.49. The average molecular weight is 219 g/mol. The van der Waals surface area contributed by atoms with E-state index in [1.807, 2.05) is 18.2 Å². The molecule has 1 N–H and O–H groups in total. The predicted octanol–water partition coefficient (Wildman–Crippen LogP) is 3.14. The van der Waals surface area contributed by atoms with E-state index in [2.05, 4.69) is 37.9 Å². The maximum atomic E-state index is 5.71. The van der Waals surface area contributed by atoms with Crippen LogP contribution in [0.15, 0.2) is 36.9 Å². The van der Waals surface area contributed by atoms with Gasteiger partial charge in [0.15, 0.2) is 0 Å². The Balaban J connectivity index is 2.44. The van der Waals surface area contributed by atoms with Crippen molar-refractivity contribution in [2.45, 2.75) is 32.9 Å². The summed E-state index contributed by atoms with van der Waals surface area (Å²) in [5.41, 5.74) is 1.26. The lowest BCUT2D eigenvalue weighted by atomic mass is 10.2. The molecule has 2 nitrogen and oxygen atoms in total. The fourth-order valence-electron chi connectivity index (χ4n) is 1.32. The van der Waals surface area contributed by atoms with E-state index in [1.165, 1.54) is 5.56 Å². The van der Waals surface area contributed by atoms with Crippen LogP contribution >= 0.6 is 0 Å². The van der Waals surface area contributed by atoms with Crippen LogP contribution in [0.3, 0.4) is 0 Å². The molecular formula is C14H21NO. The summed E-state index contributed by atoms with van der Waals surface area (Å²) < 4.78 is 5.71. The second-order valence-corrected chi connectivity index (χ2v) is 3.90. The topological polar surface area (TPSA) is 21.3 Å². The van der Waals surface area contributed by atoms with Crippen molar-refractivity contribution < 1.29 is 4.74 Å². The Morgan fingerprint density at radius 1 is 1.38 bits per heavy atom. The van der Waals surface area contributed by atoms with Gasteiger partial charge < -0.3 is 10.1 Å². The van der Waals surface area contributed by atoms with Gasteiger partial charge in [0.2, 0.25) is 0 Å². The molecule has 0 saturated carbocycles. The van der Waals surface area contributed by atoms with Crippen LogP contribution < -0.4 is 10.1 Å². The minimum atomic E-state index is 0.282. The molecular weight excluding hydrogens is 198 g/mol.